The lowest BCUT2D eigenvalue weighted by Gasteiger charge is -2.26. The predicted octanol–water partition coefficient (Wildman–Crippen LogP) is 3.67. The summed E-state index contributed by atoms with van der Waals surface area (Å²) in [4.78, 5) is 25.8. The lowest BCUT2D eigenvalue weighted by Crippen LogP contribution is -2.34. The average molecular weight is 470 g/mol. The molecule has 1 aliphatic rings. The predicted molar refractivity (Wildman–Crippen MR) is 127 cm³/mol. The molecule has 5 rings (SSSR count). The zero-order chi connectivity index (χ0) is 24.0. The maximum Gasteiger partial charge on any atom is 0.357 e. The number of hydrogen-bond donors (Lipinski definition) is 1. The summed E-state index contributed by atoms with van der Waals surface area (Å²) in [7, 11) is 0. The van der Waals surface area contributed by atoms with Crippen LogP contribution < -0.4 is 5.32 Å². The summed E-state index contributed by atoms with van der Waals surface area (Å²) in [5, 5.41) is 14.8. The first-order valence-corrected chi connectivity index (χ1v) is 11.3. The summed E-state index contributed by atoms with van der Waals surface area (Å²) in [5.74, 6) is -0.374. The van der Waals surface area contributed by atoms with Gasteiger partial charge in [-0.15, -0.1) is 5.10 Å². The Kier molecular flexibility index (Phi) is 6.47. The van der Waals surface area contributed by atoms with Gasteiger partial charge in [0.2, 0.25) is 0 Å². The number of rotatable bonds is 7. The molecule has 2 heterocycles. The van der Waals surface area contributed by atoms with Gasteiger partial charge < -0.3 is 14.5 Å². The van der Waals surface area contributed by atoms with Gasteiger partial charge in [0.15, 0.2) is 18.1 Å². The monoisotopic (exact) mass is 469 g/mol. The Morgan fingerprint density at radius 2 is 1.91 bits per heavy atom. The van der Waals surface area contributed by atoms with Crippen LogP contribution in [0.5, 0.6) is 0 Å². The van der Waals surface area contributed by atoms with Crippen LogP contribution in [0.15, 0.2) is 77.4 Å². The van der Waals surface area contributed by atoms with E-state index in [0.29, 0.717) is 17.1 Å². The number of fused-ring (bicyclic) bond motifs is 1. The molecule has 0 spiro atoms. The fourth-order valence-corrected chi connectivity index (χ4v) is 4.18. The second-order valence-corrected chi connectivity index (χ2v) is 8.11. The number of nitrogens with zero attached hydrogens (tertiary/aromatic N) is 4. The van der Waals surface area contributed by atoms with Crippen molar-refractivity contribution >= 4 is 23.6 Å². The molecule has 0 bridgehead atoms. The van der Waals surface area contributed by atoms with Gasteiger partial charge in [-0.2, -0.15) is 4.68 Å². The van der Waals surface area contributed by atoms with Crippen molar-refractivity contribution in [3.63, 3.8) is 0 Å². The number of nitrogens with one attached hydrogen (secondary N) is 1. The minimum atomic E-state index is -0.759. The third kappa shape index (κ3) is 5.03. The molecule has 1 atom stereocenters. The highest BCUT2D eigenvalue weighted by atomic mass is 16.5. The quantitative estimate of drug-likeness (QED) is 0.325. The summed E-state index contributed by atoms with van der Waals surface area (Å²) in [5.41, 5.74) is 3.07. The molecule has 1 unspecified atom stereocenters. The number of tetrazole rings is 1. The van der Waals surface area contributed by atoms with E-state index in [4.69, 9.17) is 9.15 Å². The molecule has 2 aromatic heterocycles. The van der Waals surface area contributed by atoms with Crippen molar-refractivity contribution in [1.29, 1.82) is 0 Å². The fourth-order valence-electron chi connectivity index (χ4n) is 4.18. The van der Waals surface area contributed by atoms with Crippen LogP contribution in [-0.4, -0.2) is 38.7 Å². The topological polar surface area (TPSA) is 112 Å². The molecule has 0 radical (unpaired) electrons. The Morgan fingerprint density at radius 3 is 2.74 bits per heavy atom. The van der Waals surface area contributed by atoms with Gasteiger partial charge >= 0.3 is 5.97 Å². The summed E-state index contributed by atoms with van der Waals surface area (Å²) in [6.07, 6.45) is 5.78. The maximum atomic E-state index is 13.1. The van der Waals surface area contributed by atoms with Gasteiger partial charge in [0.05, 0.1) is 12.3 Å². The second-order valence-electron chi connectivity index (χ2n) is 8.11. The molecule has 4 aromatic rings. The maximum absolute atomic E-state index is 13.1. The van der Waals surface area contributed by atoms with E-state index in [-0.39, 0.29) is 17.6 Å². The highest BCUT2D eigenvalue weighted by Crippen LogP contribution is 2.29. The smallest absolute Gasteiger partial charge is 0.357 e. The van der Waals surface area contributed by atoms with Crippen molar-refractivity contribution < 1.29 is 18.7 Å². The van der Waals surface area contributed by atoms with Crippen molar-refractivity contribution in [3.8, 4) is 11.4 Å². The number of aryl methyl sites for hydroxylation is 1. The molecular weight excluding hydrogens is 446 g/mol. The zero-order valence-corrected chi connectivity index (χ0v) is 18.8. The highest BCUT2D eigenvalue weighted by Gasteiger charge is 2.24. The number of ether oxygens (including phenoxy) is 1. The fraction of sp³-hybridized carbons (Fsp3) is 0.192. The molecule has 2 aromatic carbocycles. The minimum absolute atomic E-state index is 0.0135. The first-order chi connectivity index (χ1) is 17.2. The van der Waals surface area contributed by atoms with Gasteiger partial charge in [0.1, 0.15) is 5.76 Å². The summed E-state index contributed by atoms with van der Waals surface area (Å²) >= 11 is 0. The van der Waals surface area contributed by atoms with Crippen LogP contribution >= 0.6 is 0 Å². The Bertz CT molecular complexity index is 1350. The van der Waals surface area contributed by atoms with Crippen LogP contribution in [0.1, 0.15) is 35.8 Å². The van der Waals surface area contributed by atoms with Gasteiger partial charge in [-0.05, 0) is 52.9 Å². The van der Waals surface area contributed by atoms with E-state index in [2.05, 4.69) is 26.9 Å². The number of carbonyl (C=O) groups is 2. The van der Waals surface area contributed by atoms with E-state index >= 15 is 0 Å². The Hall–Kier alpha value is -4.53. The van der Waals surface area contributed by atoms with Crippen molar-refractivity contribution in [2.75, 3.05) is 6.61 Å². The van der Waals surface area contributed by atoms with Gasteiger partial charge in [-0.1, -0.05) is 54.6 Å². The molecule has 0 saturated carbocycles. The zero-order valence-electron chi connectivity index (χ0n) is 18.8. The molecule has 1 amide bonds. The second kappa shape index (κ2) is 10.2. The van der Waals surface area contributed by atoms with E-state index in [1.54, 1.807) is 12.1 Å². The number of benzene rings is 2. The minimum Gasteiger partial charge on any atom is -0.465 e. The normalized spacial score (nSPS) is 15.3. The van der Waals surface area contributed by atoms with Crippen molar-refractivity contribution in [1.82, 2.24) is 25.5 Å². The lowest BCUT2D eigenvalue weighted by atomic mass is 9.88. The molecule has 0 aliphatic heterocycles. The summed E-state index contributed by atoms with van der Waals surface area (Å²) < 4.78 is 12.0. The van der Waals surface area contributed by atoms with Crippen LogP contribution in [0.4, 0.5) is 0 Å². The number of furan rings is 1. The number of hydrogen-bond acceptors (Lipinski definition) is 7. The molecule has 9 nitrogen and oxygen atoms in total. The first kappa shape index (κ1) is 22.3. The summed E-state index contributed by atoms with van der Waals surface area (Å²) in [6.45, 7) is -0.435. The molecule has 9 heteroatoms. The molecule has 35 heavy (non-hydrogen) atoms. The summed E-state index contributed by atoms with van der Waals surface area (Å²) in [6, 6.07) is 20.6. The number of amides is 1. The largest absolute Gasteiger partial charge is 0.465 e. The molecular formula is C26H23N5O4. The van der Waals surface area contributed by atoms with Crippen LogP contribution in [0.3, 0.4) is 0 Å². The van der Waals surface area contributed by atoms with Gasteiger partial charge in [-0.3, -0.25) is 4.79 Å². The van der Waals surface area contributed by atoms with Crippen LogP contribution in [0.25, 0.3) is 23.2 Å². The van der Waals surface area contributed by atoms with E-state index in [1.807, 2.05) is 48.5 Å². The number of esters is 1. The highest BCUT2D eigenvalue weighted by molar-refractivity contribution is 6.15. The first-order valence-electron chi connectivity index (χ1n) is 11.3. The number of aromatic nitrogens is 4. The Labute approximate surface area is 201 Å². The van der Waals surface area contributed by atoms with E-state index in [9.17, 15) is 9.59 Å². The van der Waals surface area contributed by atoms with Crippen molar-refractivity contribution in [2.45, 2.75) is 25.3 Å². The third-order valence-electron chi connectivity index (χ3n) is 5.80. The molecule has 176 valence electrons. The molecule has 0 saturated heterocycles. The van der Waals surface area contributed by atoms with E-state index < -0.39 is 12.6 Å². The SMILES string of the molecule is O=C(COC(=O)/C(=C\c1ccco1)n1nnnc1-c1ccccc1)NC1CCCc2ccccc21. The van der Waals surface area contributed by atoms with Gasteiger partial charge in [-0.25, -0.2) is 4.79 Å². The molecule has 0 fully saturated rings. The Balaban J connectivity index is 1.33. The lowest BCUT2D eigenvalue weighted by molar-refractivity contribution is -0.143. The van der Waals surface area contributed by atoms with E-state index in [1.165, 1.54) is 22.6 Å². The van der Waals surface area contributed by atoms with Gasteiger partial charge in [0.25, 0.3) is 5.91 Å². The van der Waals surface area contributed by atoms with Gasteiger partial charge in [0, 0.05) is 11.6 Å². The average Bonchev–Trinajstić information content (AvgIpc) is 3.59. The van der Waals surface area contributed by atoms with Crippen molar-refractivity contribution in [3.05, 3.63) is 89.9 Å². The van der Waals surface area contributed by atoms with Crippen LogP contribution in [-0.2, 0) is 20.7 Å². The third-order valence-corrected chi connectivity index (χ3v) is 5.80. The number of carbonyl (C=O) groups excluding carboxylic acids is 2. The molecule has 1 aliphatic carbocycles. The molecule has 1 N–H and O–H groups in total. The van der Waals surface area contributed by atoms with Crippen molar-refractivity contribution in [2.24, 2.45) is 0 Å². The van der Waals surface area contributed by atoms with Crippen LogP contribution in [0.2, 0.25) is 0 Å². The Morgan fingerprint density at radius 1 is 1.09 bits per heavy atom. The van der Waals surface area contributed by atoms with E-state index in [0.717, 1.165) is 24.8 Å². The standard InChI is InChI=1S/C26H23N5O4/c32-24(27-22-14-6-11-18-8-4-5-13-21(18)22)17-35-26(33)23(16-20-12-7-15-34-20)31-25(28-29-30-31)19-9-2-1-3-10-19/h1-5,7-10,12-13,15-16,22H,6,11,14,17H2,(H,27,32)/b23-16+. The van der Waals surface area contributed by atoms with Crippen LogP contribution in [0, 0.1) is 0 Å².